The summed E-state index contributed by atoms with van der Waals surface area (Å²) in [5, 5.41) is 6.28. The third-order valence-electron chi connectivity index (χ3n) is 3.84. The molecule has 11 heteroatoms. The number of benzene rings is 2. The number of hydrogen-bond donors (Lipinski definition) is 3. The van der Waals surface area contributed by atoms with Crippen molar-refractivity contribution in [2.75, 3.05) is 25.6 Å². The summed E-state index contributed by atoms with van der Waals surface area (Å²) >= 11 is 0. The predicted molar refractivity (Wildman–Crippen MR) is 104 cm³/mol. The maximum absolute atomic E-state index is 12.6. The van der Waals surface area contributed by atoms with Crippen molar-refractivity contribution in [2.24, 2.45) is 0 Å². The highest BCUT2D eigenvalue weighted by Gasteiger charge is 2.16. The van der Waals surface area contributed by atoms with Crippen LogP contribution in [0.1, 0.15) is 10.4 Å². The Morgan fingerprint density at radius 2 is 2.00 bits per heavy atom. The van der Waals surface area contributed by atoms with E-state index in [1.807, 2.05) is 0 Å². The van der Waals surface area contributed by atoms with Crippen molar-refractivity contribution in [3.05, 3.63) is 64.6 Å². The molecule has 0 unspecified atom stereocenters. The van der Waals surface area contributed by atoms with E-state index in [0.29, 0.717) is 11.3 Å². The lowest BCUT2D eigenvalue weighted by atomic mass is 10.1. The Morgan fingerprint density at radius 1 is 1.21 bits per heavy atom. The van der Waals surface area contributed by atoms with E-state index in [-0.39, 0.29) is 29.4 Å². The number of aromatic nitrogens is 2. The van der Waals surface area contributed by atoms with Gasteiger partial charge in [-0.1, -0.05) is 23.4 Å². The number of H-pyrrole nitrogens is 1. The maximum Gasteiger partial charge on any atom is 0.439 e. The van der Waals surface area contributed by atoms with Gasteiger partial charge in [-0.3, -0.25) is 14.3 Å². The minimum Gasteiger partial charge on any atom is -0.383 e. The van der Waals surface area contributed by atoms with Gasteiger partial charge in [0.05, 0.1) is 11.5 Å². The summed E-state index contributed by atoms with van der Waals surface area (Å²) in [7, 11) is -2.30. The molecule has 0 aliphatic carbocycles. The summed E-state index contributed by atoms with van der Waals surface area (Å²) < 4.78 is 36.3. The Bertz CT molecular complexity index is 1170. The monoisotopic (exact) mass is 418 g/mol. The molecule has 1 aromatic heterocycles. The summed E-state index contributed by atoms with van der Waals surface area (Å²) in [5.41, 5.74) is 1.13. The lowest BCUT2D eigenvalue weighted by Gasteiger charge is -2.09. The van der Waals surface area contributed by atoms with Crippen LogP contribution < -0.4 is 15.8 Å². The average molecular weight is 418 g/mol. The third-order valence-corrected chi connectivity index (χ3v) is 5.30. The van der Waals surface area contributed by atoms with Crippen LogP contribution in [0.4, 0.5) is 5.69 Å². The molecule has 3 rings (SSSR count). The molecule has 0 atom stereocenters. The van der Waals surface area contributed by atoms with E-state index in [9.17, 15) is 18.0 Å². The van der Waals surface area contributed by atoms with E-state index in [1.165, 1.54) is 31.4 Å². The van der Waals surface area contributed by atoms with Crippen molar-refractivity contribution in [3.8, 4) is 11.4 Å². The van der Waals surface area contributed by atoms with Gasteiger partial charge in [0, 0.05) is 30.5 Å². The average Bonchev–Trinajstić information content (AvgIpc) is 3.15. The molecule has 10 nitrogen and oxygen atoms in total. The molecule has 2 aromatic carbocycles. The van der Waals surface area contributed by atoms with Crippen LogP contribution in [0.15, 0.2) is 62.7 Å². The number of carbonyl (C=O) groups is 1. The van der Waals surface area contributed by atoms with Crippen LogP contribution >= 0.6 is 0 Å². The van der Waals surface area contributed by atoms with Crippen LogP contribution in [0.25, 0.3) is 11.4 Å². The number of rotatable bonds is 8. The molecule has 29 heavy (non-hydrogen) atoms. The second-order valence-electron chi connectivity index (χ2n) is 5.90. The van der Waals surface area contributed by atoms with Crippen molar-refractivity contribution in [2.45, 2.75) is 4.90 Å². The molecule has 152 valence electrons. The summed E-state index contributed by atoms with van der Waals surface area (Å²) in [6, 6.07) is 12.3. The summed E-state index contributed by atoms with van der Waals surface area (Å²) in [5.74, 6) is -0.961. The fraction of sp³-hybridized carbons (Fsp3) is 0.167. The quantitative estimate of drug-likeness (QED) is 0.466. The molecule has 0 saturated carbocycles. The van der Waals surface area contributed by atoms with Crippen molar-refractivity contribution in [1.82, 2.24) is 14.9 Å². The molecule has 0 saturated heterocycles. The van der Waals surface area contributed by atoms with E-state index < -0.39 is 21.7 Å². The van der Waals surface area contributed by atoms with E-state index in [0.717, 1.165) is 0 Å². The van der Waals surface area contributed by atoms with Crippen LogP contribution in [0.2, 0.25) is 0 Å². The van der Waals surface area contributed by atoms with Crippen LogP contribution in [-0.4, -0.2) is 44.7 Å². The molecule has 0 spiro atoms. The van der Waals surface area contributed by atoms with Gasteiger partial charge in [-0.05, 0) is 30.3 Å². The van der Waals surface area contributed by atoms with Crippen LogP contribution in [-0.2, 0) is 14.8 Å². The Balaban J connectivity index is 1.77. The van der Waals surface area contributed by atoms with Crippen molar-refractivity contribution < 1.29 is 22.5 Å². The molecule has 1 amide bonds. The fourth-order valence-electron chi connectivity index (χ4n) is 2.47. The SMILES string of the molecule is COCCNS(=O)(=O)c1cccc(C(=O)Nc2cccc(-c3noc(=O)[nH]3)c2)c1. The highest BCUT2D eigenvalue weighted by atomic mass is 32.2. The van der Waals surface area contributed by atoms with Crippen molar-refractivity contribution in [3.63, 3.8) is 0 Å². The molecule has 0 aliphatic heterocycles. The Morgan fingerprint density at radius 3 is 2.72 bits per heavy atom. The predicted octanol–water partition coefficient (Wildman–Crippen LogP) is 1.21. The first-order valence-electron chi connectivity index (χ1n) is 8.45. The first-order chi connectivity index (χ1) is 13.9. The lowest BCUT2D eigenvalue weighted by Crippen LogP contribution is -2.27. The number of hydrogen-bond acceptors (Lipinski definition) is 7. The molecule has 1 heterocycles. The van der Waals surface area contributed by atoms with Crippen LogP contribution in [0.3, 0.4) is 0 Å². The number of sulfonamides is 1. The van der Waals surface area contributed by atoms with E-state index in [2.05, 4.69) is 24.7 Å². The third kappa shape index (κ3) is 5.16. The molecular weight excluding hydrogens is 400 g/mol. The highest BCUT2D eigenvalue weighted by Crippen LogP contribution is 2.19. The zero-order valence-electron chi connectivity index (χ0n) is 15.3. The largest absolute Gasteiger partial charge is 0.439 e. The normalized spacial score (nSPS) is 11.3. The highest BCUT2D eigenvalue weighted by molar-refractivity contribution is 7.89. The zero-order chi connectivity index (χ0) is 20.9. The minimum absolute atomic E-state index is 0.0322. The number of aromatic amines is 1. The summed E-state index contributed by atoms with van der Waals surface area (Å²) in [6.45, 7) is 0.346. The number of nitrogens with zero attached hydrogens (tertiary/aromatic N) is 1. The molecule has 3 aromatic rings. The van der Waals surface area contributed by atoms with Gasteiger partial charge in [-0.25, -0.2) is 17.9 Å². The molecule has 0 bridgehead atoms. The minimum atomic E-state index is -3.76. The van der Waals surface area contributed by atoms with Gasteiger partial charge >= 0.3 is 5.76 Å². The van der Waals surface area contributed by atoms with Gasteiger partial charge in [0.2, 0.25) is 10.0 Å². The smallest absolute Gasteiger partial charge is 0.383 e. The van der Waals surface area contributed by atoms with Gasteiger partial charge in [-0.15, -0.1) is 0 Å². The number of amides is 1. The van der Waals surface area contributed by atoms with Crippen molar-refractivity contribution in [1.29, 1.82) is 0 Å². The Hall–Kier alpha value is -3.28. The van der Waals surface area contributed by atoms with Gasteiger partial charge in [0.25, 0.3) is 5.91 Å². The topological polar surface area (TPSA) is 143 Å². The first-order valence-corrected chi connectivity index (χ1v) is 9.94. The van der Waals surface area contributed by atoms with Crippen LogP contribution in [0.5, 0.6) is 0 Å². The maximum atomic E-state index is 12.6. The first kappa shape index (κ1) is 20.5. The van der Waals surface area contributed by atoms with Crippen molar-refractivity contribution >= 4 is 21.6 Å². The number of carbonyl (C=O) groups excluding carboxylic acids is 1. The van der Waals surface area contributed by atoms with E-state index >= 15 is 0 Å². The van der Waals surface area contributed by atoms with Gasteiger partial charge in [-0.2, -0.15) is 0 Å². The Labute approximate surface area is 165 Å². The van der Waals surface area contributed by atoms with E-state index in [4.69, 9.17) is 4.74 Å². The number of anilines is 1. The second kappa shape index (κ2) is 8.82. The van der Waals surface area contributed by atoms with Gasteiger partial charge < -0.3 is 10.1 Å². The number of methoxy groups -OCH3 is 1. The standard InChI is InChI=1S/C18H18N4O6S/c1-27-9-8-19-29(25,26)15-7-3-5-13(11-15)17(23)20-14-6-2-4-12(10-14)16-21-18(24)28-22-16/h2-7,10-11,19H,8-9H2,1H3,(H,20,23)(H,21,22,24). The number of ether oxygens (including phenoxy) is 1. The molecule has 3 N–H and O–H groups in total. The van der Waals surface area contributed by atoms with Gasteiger partial charge in [0.15, 0.2) is 5.82 Å². The zero-order valence-corrected chi connectivity index (χ0v) is 16.2. The van der Waals surface area contributed by atoms with E-state index in [1.54, 1.807) is 24.3 Å². The van der Waals surface area contributed by atoms with Gasteiger partial charge in [0.1, 0.15) is 0 Å². The fourth-order valence-corrected chi connectivity index (χ4v) is 3.53. The van der Waals surface area contributed by atoms with Crippen LogP contribution in [0, 0.1) is 0 Å². The summed E-state index contributed by atoms with van der Waals surface area (Å²) in [6.07, 6.45) is 0. The molecular formula is C18H18N4O6S. The molecule has 0 aliphatic rings. The Kier molecular flexibility index (Phi) is 6.22. The molecule has 0 radical (unpaired) electrons. The lowest BCUT2D eigenvalue weighted by molar-refractivity contribution is 0.102. The summed E-state index contributed by atoms with van der Waals surface area (Å²) in [4.78, 5) is 26.0. The second-order valence-corrected chi connectivity index (χ2v) is 7.66. The molecule has 0 fully saturated rings. The number of nitrogens with one attached hydrogen (secondary N) is 3.